The third-order valence-electron chi connectivity index (χ3n) is 5.21. The minimum Gasteiger partial charge on any atom is -0.326 e. The summed E-state index contributed by atoms with van der Waals surface area (Å²) < 4.78 is 27.2. The molecular formula is C22H23N3O4S. The van der Waals surface area contributed by atoms with Crippen molar-refractivity contribution in [3.05, 3.63) is 59.7 Å². The number of hydrogen-bond donors (Lipinski definition) is 1. The van der Waals surface area contributed by atoms with Crippen LogP contribution in [0, 0.1) is 17.2 Å². The summed E-state index contributed by atoms with van der Waals surface area (Å²) in [6, 6.07) is 15.2. The van der Waals surface area contributed by atoms with Crippen LogP contribution in [0.5, 0.6) is 0 Å². The van der Waals surface area contributed by atoms with Crippen molar-refractivity contribution in [1.82, 2.24) is 4.31 Å². The second kappa shape index (κ2) is 9.20. The van der Waals surface area contributed by atoms with Gasteiger partial charge >= 0.3 is 0 Å². The van der Waals surface area contributed by atoms with Crippen LogP contribution in [-0.2, 0) is 21.2 Å². The van der Waals surface area contributed by atoms with Gasteiger partial charge in [-0.25, -0.2) is 8.42 Å². The third kappa shape index (κ3) is 4.93. The van der Waals surface area contributed by atoms with E-state index in [1.54, 1.807) is 36.4 Å². The van der Waals surface area contributed by atoms with Crippen molar-refractivity contribution in [1.29, 1.82) is 5.26 Å². The molecule has 0 aromatic heterocycles. The third-order valence-corrected chi connectivity index (χ3v) is 7.10. The van der Waals surface area contributed by atoms with Gasteiger partial charge in [-0.3, -0.25) is 9.59 Å². The zero-order valence-electron chi connectivity index (χ0n) is 16.7. The van der Waals surface area contributed by atoms with Crippen molar-refractivity contribution in [2.24, 2.45) is 5.92 Å². The number of anilines is 1. The molecule has 7 nitrogen and oxygen atoms in total. The van der Waals surface area contributed by atoms with Crippen molar-refractivity contribution in [3.63, 3.8) is 0 Å². The van der Waals surface area contributed by atoms with Crippen LogP contribution < -0.4 is 5.32 Å². The Morgan fingerprint density at radius 2 is 1.80 bits per heavy atom. The molecule has 0 aliphatic carbocycles. The molecule has 1 N–H and O–H groups in total. The average molecular weight is 426 g/mol. The summed E-state index contributed by atoms with van der Waals surface area (Å²) in [6.07, 6.45) is 1.16. The Morgan fingerprint density at radius 1 is 1.13 bits per heavy atom. The molecule has 0 radical (unpaired) electrons. The number of sulfonamides is 1. The van der Waals surface area contributed by atoms with Crippen molar-refractivity contribution in [2.75, 3.05) is 18.4 Å². The molecule has 2 aromatic rings. The van der Waals surface area contributed by atoms with E-state index in [0.29, 0.717) is 30.5 Å². The molecule has 0 bridgehead atoms. The number of nitrogens with one attached hydrogen (secondary N) is 1. The highest BCUT2D eigenvalue weighted by atomic mass is 32.2. The molecule has 1 aliphatic heterocycles. The van der Waals surface area contributed by atoms with Gasteiger partial charge in [0.1, 0.15) is 0 Å². The van der Waals surface area contributed by atoms with Crippen LogP contribution in [-0.4, -0.2) is 37.5 Å². The maximum atomic E-state index is 12.9. The number of amides is 1. The number of ketones is 1. The lowest BCUT2D eigenvalue weighted by atomic mass is 9.97. The topological polar surface area (TPSA) is 107 Å². The fourth-order valence-electron chi connectivity index (χ4n) is 3.42. The molecule has 1 fully saturated rings. The van der Waals surface area contributed by atoms with Crippen LogP contribution in [0.15, 0.2) is 53.4 Å². The molecule has 0 atom stereocenters. The molecule has 3 rings (SSSR count). The van der Waals surface area contributed by atoms with E-state index in [1.807, 2.05) is 0 Å². The summed E-state index contributed by atoms with van der Waals surface area (Å²) in [5, 5.41) is 11.6. The quantitative estimate of drug-likeness (QED) is 0.716. The van der Waals surface area contributed by atoms with E-state index in [2.05, 4.69) is 11.4 Å². The smallest absolute Gasteiger partial charge is 0.243 e. The van der Waals surface area contributed by atoms with Gasteiger partial charge in [0, 0.05) is 30.3 Å². The Kier molecular flexibility index (Phi) is 6.65. The Bertz CT molecular complexity index is 1080. The SMILES string of the molecule is CC(=O)c1cccc(S(=O)(=O)N2CCC(C(=O)Nc3ccc(CC#N)cc3)CC2)c1. The number of carbonyl (C=O) groups is 2. The van der Waals surface area contributed by atoms with E-state index in [0.717, 1.165) is 5.56 Å². The summed E-state index contributed by atoms with van der Waals surface area (Å²) in [5.41, 5.74) is 1.88. The Labute approximate surface area is 176 Å². The maximum absolute atomic E-state index is 12.9. The van der Waals surface area contributed by atoms with Gasteiger partial charge < -0.3 is 5.32 Å². The number of carbonyl (C=O) groups excluding carboxylic acids is 2. The second-order valence-corrected chi connectivity index (χ2v) is 9.22. The first-order chi connectivity index (χ1) is 14.3. The highest BCUT2D eigenvalue weighted by Crippen LogP contribution is 2.25. The standard InChI is InChI=1S/C22H23N3O4S/c1-16(26)19-3-2-4-21(15-19)30(28,29)25-13-10-18(11-14-25)22(27)24-20-7-5-17(6-8-20)9-12-23/h2-8,15,18H,9-11,13-14H2,1H3,(H,24,27). The Hall–Kier alpha value is -3.02. The van der Waals surface area contributed by atoms with Gasteiger partial charge in [0.2, 0.25) is 15.9 Å². The van der Waals surface area contributed by atoms with Crippen LogP contribution in [0.4, 0.5) is 5.69 Å². The lowest BCUT2D eigenvalue weighted by Gasteiger charge is -2.30. The molecule has 1 saturated heterocycles. The molecule has 0 unspecified atom stereocenters. The van der Waals surface area contributed by atoms with Crippen molar-refractivity contribution < 1.29 is 18.0 Å². The second-order valence-electron chi connectivity index (χ2n) is 7.28. The van der Waals surface area contributed by atoms with Gasteiger partial charge in [-0.1, -0.05) is 24.3 Å². The zero-order chi connectivity index (χ0) is 21.7. The predicted octanol–water partition coefficient (Wildman–Crippen LogP) is 2.99. The monoisotopic (exact) mass is 425 g/mol. The van der Waals surface area contributed by atoms with Crippen LogP contribution in [0.3, 0.4) is 0 Å². The molecule has 8 heteroatoms. The number of piperidine rings is 1. The average Bonchev–Trinajstić information content (AvgIpc) is 2.75. The van der Waals surface area contributed by atoms with Gasteiger partial charge in [0.25, 0.3) is 0 Å². The Balaban J connectivity index is 1.61. The predicted molar refractivity (Wildman–Crippen MR) is 112 cm³/mol. The number of nitrogens with zero attached hydrogens (tertiary/aromatic N) is 2. The molecule has 0 saturated carbocycles. The maximum Gasteiger partial charge on any atom is 0.243 e. The van der Waals surface area contributed by atoms with Crippen LogP contribution in [0.2, 0.25) is 0 Å². The highest BCUT2D eigenvalue weighted by molar-refractivity contribution is 7.89. The minimum atomic E-state index is -3.71. The number of nitriles is 1. The van der Waals surface area contributed by atoms with Crippen LogP contribution >= 0.6 is 0 Å². The van der Waals surface area contributed by atoms with Crippen LogP contribution in [0.1, 0.15) is 35.7 Å². The first-order valence-corrected chi connectivity index (χ1v) is 11.1. The summed E-state index contributed by atoms with van der Waals surface area (Å²) in [4.78, 5) is 24.2. The van der Waals surface area contributed by atoms with Crippen molar-refractivity contribution in [3.8, 4) is 6.07 Å². The Morgan fingerprint density at radius 3 is 2.40 bits per heavy atom. The molecule has 156 valence electrons. The summed E-state index contributed by atoms with van der Waals surface area (Å²) in [5.74, 6) is -0.611. The zero-order valence-corrected chi connectivity index (χ0v) is 17.5. The summed E-state index contributed by atoms with van der Waals surface area (Å²) >= 11 is 0. The molecule has 1 heterocycles. The van der Waals surface area contributed by atoms with Crippen molar-refractivity contribution >= 4 is 27.4 Å². The van der Waals surface area contributed by atoms with E-state index < -0.39 is 10.0 Å². The van der Waals surface area contributed by atoms with Gasteiger partial charge in [-0.05, 0) is 49.6 Å². The summed E-state index contributed by atoms with van der Waals surface area (Å²) in [7, 11) is -3.71. The number of benzene rings is 2. The fourth-order valence-corrected chi connectivity index (χ4v) is 4.94. The fraction of sp³-hybridized carbons (Fsp3) is 0.318. The number of rotatable bonds is 6. The number of hydrogen-bond acceptors (Lipinski definition) is 5. The van der Waals surface area contributed by atoms with Gasteiger partial charge in [0.05, 0.1) is 17.4 Å². The molecule has 0 spiro atoms. The van der Waals surface area contributed by atoms with E-state index in [4.69, 9.17) is 5.26 Å². The van der Waals surface area contributed by atoms with Gasteiger partial charge in [-0.2, -0.15) is 9.57 Å². The molecular weight excluding hydrogens is 402 g/mol. The molecule has 30 heavy (non-hydrogen) atoms. The van der Waals surface area contributed by atoms with E-state index >= 15 is 0 Å². The molecule has 1 amide bonds. The largest absolute Gasteiger partial charge is 0.326 e. The summed E-state index contributed by atoms with van der Waals surface area (Å²) in [6.45, 7) is 1.88. The molecule has 1 aliphatic rings. The van der Waals surface area contributed by atoms with E-state index in [-0.39, 0.29) is 35.6 Å². The first kappa shape index (κ1) is 21.7. The number of Topliss-reactive ketones (excluding diaryl/α,β-unsaturated/α-hetero) is 1. The van der Waals surface area contributed by atoms with Crippen molar-refractivity contribution in [2.45, 2.75) is 31.1 Å². The van der Waals surface area contributed by atoms with Gasteiger partial charge in [0.15, 0.2) is 5.78 Å². The van der Waals surface area contributed by atoms with E-state index in [1.165, 1.54) is 23.4 Å². The lowest BCUT2D eigenvalue weighted by Crippen LogP contribution is -2.41. The minimum absolute atomic E-state index is 0.0931. The lowest BCUT2D eigenvalue weighted by molar-refractivity contribution is -0.120. The first-order valence-electron chi connectivity index (χ1n) is 9.69. The highest BCUT2D eigenvalue weighted by Gasteiger charge is 2.32. The van der Waals surface area contributed by atoms with E-state index in [9.17, 15) is 18.0 Å². The van der Waals surface area contributed by atoms with Gasteiger partial charge in [-0.15, -0.1) is 0 Å². The molecule has 2 aromatic carbocycles. The normalized spacial score (nSPS) is 15.3. The van der Waals surface area contributed by atoms with Crippen LogP contribution in [0.25, 0.3) is 0 Å².